The second-order valence-corrected chi connectivity index (χ2v) is 24.0. The molecule has 1 aliphatic rings. The molecular formula is C62H73N13O8S2. The molecule has 8 amide bonds. The fourth-order valence-electron chi connectivity index (χ4n) is 10.0. The zero-order chi connectivity index (χ0) is 60.4. The first-order valence-corrected chi connectivity index (χ1v) is 30.8. The molecule has 0 aliphatic carbocycles. The summed E-state index contributed by atoms with van der Waals surface area (Å²) in [4.78, 5) is 126. The summed E-state index contributed by atoms with van der Waals surface area (Å²) in [6.07, 6.45) is 5.52. The lowest BCUT2D eigenvalue weighted by molar-refractivity contribution is -0.136. The van der Waals surface area contributed by atoms with Crippen molar-refractivity contribution < 1.29 is 38.4 Å². The van der Waals surface area contributed by atoms with E-state index in [1.165, 1.54) is 12.5 Å². The quantitative estimate of drug-likeness (QED) is 0.0409. The Kier molecular flexibility index (Phi) is 22.3. The number of hydrogen-bond donors (Lipinski definition) is 12. The number of nitrogens with one attached hydrogen (secondary N) is 9. The van der Waals surface area contributed by atoms with E-state index in [2.05, 4.69) is 52.2 Å². The molecule has 15 N–H and O–H groups in total. The van der Waals surface area contributed by atoms with Crippen molar-refractivity contribution in [3.05, 3.63) is 162 Å². The first kappa shape index (κ1) is 62.5. The van der Waals surface area contributed by atoms with Crippen molar-refractivity contribution in [2.45, 2.75) is 107 Å². The Morgan fingerprint density at radius 1 is 0.659 bits per heavy atom. The van der Waals surface area contributed by atoms with Crippen LogP contribution in [0.2, 0.25) is 0 Å². The van der Waals surface area contributed by atoms with Crippen molar-refractivity contribution in [2.24, 2.45) is 23.1 Å². The van der Waals surface area contributed by atoms with Crippen molar-refractivity contribution in [2.75, 3.05) is 18.1 Å². The number of carbonyl (C=O) groups is 8. The number of imidazole rings is 1. The van der Waals surface area contributed by atoms with Crippen LogP contribution in [0.5, 0.6) is 0 Å². The smallest absolute Gasteiger partial charge is 0.244 e. The summed E-state index contributed by atoms with van der Waals surface area (Å²) in [6, 6.07) is 27.7. The topological polar surface area (TPSA) is 343 Å². The summed E-state index contributed by atoms with van der Waals surface area (Å²) in [6.45, 7) is 3.70. The van der Waals surface area contributed by atoms with E-state index < -0.39 is 102 Å². The average molecular weight is 1190 g/mol. The molecule has 1 fully saturated rings. The SMILES string of the molecule is CC(C)[C@@H]1NC(=O)[C@H](CCCCN)NC(=O)[C@@H](Cc2c[nH]c3ccccc23)NC(=O)[C@H](Cc2cnc[nH]2)NC(=O)[C@H](NC(=O)[C@@H](N)Cc2cccc(-c3ccccc3)c2)CSSC[C@@H](C(=O)N[C@@H](Cc2ccc3ccccc3c2)C(N)=O)NC1=O. The number of aromatic amines is 2. The number of nitrogens with two attached hydrogens (primary N) is 3. The number of amides is 8. The normalized spacial score (nSPS) is 20.3. The van der Waals surface area contributed by atoms with Gasteiger partial charge in [-0.1, -0.05) is 151 Å². The van der Waals surface area contributed by atoms with Gasteiger partial charge in [0.05, 0.1) is 12.4 Å². The van der Waals surface area contributed by atoms with Crippen LogP contribution in [0.3, 0.4) is 0 Å². The van der Waals surface area contributed by atoms with Gasteiger partial charge in [-0.3, -0.25) is 38.4 Å². The van der Waals surface area contributed by atoms with Crippen LogP contribution in [-0.4, -0.2) is 129 Å². The molecule has 0 unspecified atom stereocenters. The van der Waals surface area contributed by atoms with E-state index in [0.717, 1.165) is 60.0 Å². The zero-order valence-corrected chi connectivity index (χ0v) is 48.9. The van der Waals surface area contributed by atoms with Gasteiger partial charge in [0, 0.05) is 59.8 Å². The molecule has 5 aromatic carbocycles. The Bertz CT molecular complexity index is 3450. The number of benzene rings is 5. The molecule has 0 bridgehead atoms. The first-order chi connectivity index (χ1) is 41.0. The maximum absolute atomic E-state index is 14.9. The third-order valence-corrected chi connectivity index (χ3v) is 17.2. The lowest BCUT2D eigenvalue weighted by atomic mass is 9.99. The molecule has 21 nitrogen and oxygen atoms in total. The monoisotopic (exact) mass is 1190 g/mol. The molecule has 1 saturated heterocycles. The maximum atomic E-state index is 14.9. The summed E-state index contributed by atoms with van der Waals surface area (Å²) in [7, 11) is 2.15. The Hall–Kier alpha value is -8.51. The fourth-order valence-corrected chi connectivity index (χ4v) is 12.3. The van der Waals surface area contributed by atoms with Gasteiger partial charge in [0.15, 0.2) is 0 Å². The summed E-state index contributed by atoms with van der Waals surface area (Å²) in [5.41, 5.74) is 23.7. The van der Waals surface area contributed by atoms with E-state index >= 15 is 0 Å². The number of para-hydroxylation sites is 1. The Balaban J connectivity index is 1.13. The zero-order valence-electron chi connectivity index (χ0n) is 47.3. The highest BCUT2D eigenvalue weighted by molar-refractivity contribution is 8.76. The molecule has 85 heavy (non-hydrogen) atoms. The number of nitrogens with zero attached hydrogens (tertiary/aromatic N) is 1. The molecule has 0 spiro atoms. The van der Waals surface area contributed by atoms with E-state index in [1.54, 1.807) is 20.0 Å². The van der Waals surface area contributed by atoms with E-state index in [4.69, 9.17) is 17.2 Å². The van der Waals surface area contributed by atoms with Crippen LogP contribution in [0.15, 0.2) is 140 Å². The number of carbonyl (C=O) groups excluding carboxylic acids is 8. The summed E-state index contributed by atoms with van der Waals surface area (Å²) < 4.78 is 0. The molecule has 7 aromatic rings. The summed E-state index contributed by atoms with van der Waals surface area (Å²) >= 11 is 0. The van der Waals surface area contributed by atoms with Gasteiger partial charge in [0.1, 0.15) is 42.3 Å². The molecule has 8 atom stereocenters. The van der Waals surface area contributed by atoms with Gasteiger partial charge in [-0.05, 0) is 82.8 Å². The van der Waals surface area contributed by atoms with Gasteiger partial charge in [0.2, 0.25) is 47.3 Å². The predicted molar refractivity (Wildman–Crippen MR) is 331 cm³/mol. The number of rotatable bonds is 19. The number of aromatic nitrogens is 3. The largest absolute Gasteiger partial charge is 0.368 e. The average Bonchev–Trinajstić information content (AvgIpc) is 4.39. The van der Waals surface area contributed by atoms with Crippen LogP contribution in [0.4, 0.5) is 0 Å². The van der Waals surface area contributed by atoms with Gasteiger partial charge in [-0.2, -0.15) is 0 Å². The lowest BCUT2D eigenvalue weighted by Crippen LogP contribution is -2.61. The standard InChI is InChI=1S/C62H73N13O8S2/c1-36(2)54-62(83)74-53(60(81)70-49(55(65)76)28-38-22-23-40-16-6-7-17-41(40)26-38)34-85-84-33-52(73-56(77)46(64)27-37-13-12-18-42(25-37)39-14-4-3-5-15-39)61(82)72-51(30-44-32-66-35-68-44)59(80)71-50(29-43-31-67-47-20-9-8-19-45(43)47)58(79)69-48(57(78)75-54)21-10-11-24-63/h3-9,12-20,22-23,25-26,31-32,35-36,46,48-54,67H,10-11,21,24,27-30,33-34,63-64H2,1-2H3,(H2,65,76)(H,66,68)(H,69,79)(H,70,81)(H,71,80)(H,72,82)(H,73,77)(H,74,83)(H,75,78)/t46-,48-,49-,50+,51-,52+,53-,54-/m0/s1. The van der Waals surface area contributed by atoms with Crippen molar-refractivity contribution in [3.63, 3.8) is 0 Å². The van der Waals surface area contributed by atoms with Crippen molar-refractivity contribution in [1.29, 1.82) is 0 Å². The fraction of sp³-hybridized carbons (Fsp3) is 0.339. The molecule has 1 aliphatic heterocycles. The minimum absolute atomic E-state index is 0.0233. The molecule has 0 saturated carbocycles. The molecule has 2 aromatic heterocycles. The predicted octanol–water partition coefficient (Wildman–Crippen LogP) is 3.37. The Labute approximate surface area is 500 Å². The van der Waals surface area contributed by atoms with Crippen LogP contribution in [0, 0.1) is 5.92 Å². The summed E-state index contributed by atoms with van der Waals surface area (Å²) in [5, 5.41) is 22.4. The van der Waals surface area contributed by atoms with E-state index in [-0.39, 0.29) is 43.6 Å². The molecule has 23 heteroatoms. The van der Waals surface area contributed by atoms with Crippen molar-refractivity contribution >= 4 is 90.5 Å². The van der Waals surface area contributed by atoms with Crippen LogP contribution in [0.1, 0.15) is 55.5 Å². The number of primary amides is 1. The third kappa shape index (κ3) is 17.5. The van der Waals surface area contributed by atoms with Gasteiger partial charge in [-0.15, -0.1) is 0 Å². The molecule has 0 radical (unpaired) electrons. The molecule has 8 rings (SSSR count). The van der Waals surface area contributed by atoms with Crippen molar-refractivity contribution in [3.8, 4) is 11.1 Å². The Morgan fingerprint density at radius 3 is 2.07 bits per heavy atom. The molecule has 446 valence electrons. The van der Waals surface area contributed by atoms with Gasteiger partial charge in [0.25, 0.3) is 0 Å². The minimum atomic E-state index is -1.38. The van der Waals surface area contributed by atoms with Crippen LogP contribution in [0.25, 0.3) is 32.8 Å². The second kappa shape index (κ2) is 30.3. The number of fused-ring (bicyclic) bond motifs is 2. The van der Waals surface area contributed by atoms with E-state index in [0.29, 0.717) is 36.2 Å². The van der Waals surface area contributed by atoms with E-state index in [9.17, 15) is 38.4 Å². The maximum Gasteiger partial charge on any atom is 0.244 e. The first-order valence-electron chi connectivity index (χ1n) is 28.3. The highest BCUT2D eigenvalue weighted by Crippen LogP contribution is 2.26. The molecular weight excluding hydrogens is 1120 g/mol. The molecule has 3 heterocycles. The minimum Gasteiger partial charge on any atom is -0.368 e. The highest BCUT2D eigenvalue weighted by Gasteiger charge is 2.36. The number of unbranched alkanes of at least 4 members (excludes halogenated alkanes) is 1. The van der Waals surface area contributed by atoms with Crippen LogP contribution >= 0.6 is 21.6 Å². The van der Waals surface area contributed by atoms with Crippen LogP contribution < -0.4 is 54.4 Å². The van der Waals surface area contributed by atoms with Gasteiger partial charge in [-0.25, -0.2) is 4.98 Å². The Morgan fingerprint density at radius 2 is 1.33 bits per heavy atom. The lowest BCUT2D eigenvalue weighted by Gasteiger charge is -2.29. The van der Waals surface area contributed by atoms with Gasteiger partial charge < -0.3 is 64.4 Å². The van der Waals surface area contributed by atoms with Crippen molar-refractivity contribution in [1.82, 2.24) is 52.2 Å². The number of hydrogen-bond acceptors (Lipinski definition) is 13. The van der Waals surface area contributed by atoms with Gasteiger partial charge >= 0.3 is 0 Å². The second-order valence-electron chi connectivity index (χ2n) is 21.5. The highest BCUT2D eigenvalue weighted by atomic mass is 33.1. The third-order valence-electron chi connectivity index (χ3n) is 14.7. The summed E-state index contributed by atoms with van der Waals surface area (Å²) in [5.74, 6) is -6.93. The van der Waals surface area contributed by atoms with E-state index in [1.807, 2.05) is 121 Å². The number of H-pyrrole nitrogens is 2. The van der Waals surface area contributed by atoms with Crippen LogP contribution in [-0.2, 0) is 64.0 Å².